The molecule has 4 nitrogen and oxygen atoms in total. The van der Waals surface area contributed by atoms with E-state index in [1.807, 2.05) is 6.07 Å². The Kier molecular flexibility index (Phi) is 2.14. The van der Waals surface area contributed by atoms with Gasteiger partial charge in [-0.15, -0.1) is 0 Å². The molecule has 15 heavy (non-hydrogen) atoms. The van der Waals surface area contributed by atoms with Gasteiger partial charge in [-0.3, -0.25) is 0 Å². The Hall–Kier alpha value is -1.92. The summed E-state index contributed by atoms with van der Waals surface area (Å²) in [5.74, 6) is -0.133. The van der Waals surface area contributed by atoms with Crippen LogP contribution in [-0.2, 0) is 6.18 Å². The Balaban J connectivity index is 2.51. The van der Waals surface area contributed by atoms with Gasteiger partial charge in [-0.05, 0) is 6.07 Å². The lowest BCUT2D eigenvalue weighted by Gasteiger charge is -2.07. The third-order valence-corrected chi connectivity index (χ3v) is 1.60. The average Bonchev–Trinajstić information content (AvgIpc) is 2.67. The number of nitrogens with zero attached hydrogens (tertiary/aromatic N) is 4. The first-order valence-corrected chi connectivity index (χ1v) is 3.89. The lowest BCUT2D eigenvalue weighted by atomic mass is 10.4. The first-order valence-electron chi connectivity index (χ1n) is 3.89. The van der Waals surface area contributed by atoms with Gasteiger partial charge < -0.3 is 0 Å². The number of rotatable bonds is 1. The first kappa shape index (κ1) is 9.63. The van der Waals surface area contributed by atoms with E-state index in [2.05, 4.69) is 15.1 Å². The van der Waals surface area contributed by atoms with Gasteiger partial charge in [-0.2, -0.15) is 23.0 Å². The largest absolute Gasteiger partial charge is 0.434 e. The smallest absolute Gasteiger partial charge is 0.220 e. The Morgan fingerprint density at radius 3 is 2.47 bits per heavy atom. The third-order valence-electron chi connectivity index (χ3n) is 1.60. The molecule has 77 valence electrons. The van der Waals surface area contributed by atoms with Crippen LogP contribution in [0.5, 0.6) is 0 Å². The molecule has 2 aromatic rings. The van der Waals surface area contributed by atoms with Crippen molar-refractivity contribution in [1.82, 2.24) is 19.7 Å². The summed E-state index contributed by atoms with van der Waals surface area (Å²) in [5.41, 5.74) is -1.02. The number of hydrogen-bond acceptors (Lipinski definition) is 3. The van der Waals surface area contributed by atoms with E-state index in [0.29, 0.717) is 4.68 Å². The van der Waals surface area contributed by atoms with E-state index in [0.717, 1.165) is 6.20 Å². The van der Waals surface area contributed by atoms with Crippen LogP contribution in [0.1, 0.15) is 5.69 Å². The van der Waals surface area contributed by atoms with Crippen LogP contribution < -0.4 is 0 Å². The molecule has 0 spiro atoms. The Morgan fingerprint density at radius 2 is 1.87 bits per heavy atom. The summed E-state index contributed by atoms with van der Waals surface area (Å²) in [6, 6.07) is 3.49. The second kappa shape index (κ2) is 3.34. The van der Waals surface area contributed by atoms with Crippen LogP contribution in [0.15, 0.2) is 24.7 Å². The van der Waals surface area contributed by atoms with Gasteiger partial charge in [0.25, 0.3) is 5.95 Å². The number of alkyl halides is 3. The van der Waals surface area contributed by atoms with E-state index in [-0.39, 0.29) is 5.95 Å². The molecular formula is C8H4F3N4. The minimum atomic E-state index is -4.52. The molecular weight excluding hydrogens is 209 g/mol. The van der Waals surface area contributed by atoms with Crippen molar-refractivity contribution in [3.63, 3.8) is 0 Å². The molecule has 0 atom stereocenters. The minimum Gasteiger partial charge on any atom is -0.220 e. The first-order chi connectivity index (χ1) is 7.09. The summed E-state index contributed by atoms with van der Waals surface area (Å²) < 4.78 is 37.9. The van der Waals surface area contributed by atoms with E-state index in [1.165, 1.54) is 18.5 Å². The van der Waals surface area contributed by atoms with Gasteiger partial charge in [0.05, 0.1) is 6.20 Å². The molecule has 0 bridgehead atoms. The van der Waals surface area contributed by atoms with Crippen molar-refractivity contribution in [2.75, 3.05) is 0 Å². The molecule has 2 heterocycles. The highest BCUT2D eigenvalue weighted by Crippen LogP contribution is 2.29. The summed E-state index contributed by atoms with van der Waals surface area (Å²) in [5, 5.41) is 3.47. The molecule has 0 fully saturated rings. The molecule has 2 aromatic heterocycles. The van der Waals surface area contributed by atoms with Crippen LogP contribution in [0.25, 0.3) is 5.95 Å². The molecule has 0 saturated carbocycles. The Morgan fingerprint density at radius 1 is 1.20 bits per heavy atom. The number of hydrogen-bond donors (Lipinski definition) is 0. The quantitative estimate of drug-likeness (QED) is 0.720. The Labute approximate surface area is 82.4 Å². The zero-order valence-electron chi connectivity index (χ0n) is 7.23. The maximum atomic E-state index is 12.4. The molecule has 0 unspecified atom stereocenters. The van der Waals surface area contributed by atoms with Gasteiger partial charge in [0.1, 0.15) is 0 Å². The van der Waals surface area contributed by atoms with Crippen molar-refractivity contribution in [3.8, 4) is 5.95 Å². The van der Waals surface area contributed by atoms with Crippen LogP contribution in [0, 0.1) is 6.07 Å². The minimum absolute atomic E-state index is 0.133. The highest BCUT2D eigenvalue weighted by molar-refractivity contribution is 5.16. The predicted molar refractivity (Wildman–Crippen MR) is 43.0 cm³/mol. The monoisotopic (exact) mass is 213 g/mol. The number of aromatic nitrogens is 4. The molecule has 0 N–H and O–H groups in total. The van der Waals surface area contributed by atoms with Crippen molar-refractivity contribution < 1.29 is 13.2 Å². The van der Waals surface area contributed by atoms with Crippen LogP contribution in [0.3, 0.4) is 0 Å². The van der Waals surface area contributed by atoms with Gasteiger partial charge in [0.15, 0.2) is 5.69 Å². The highest BCUT2D eigenvalue weighted by Gasteiger charge is 2.36. The molecule has 7 heteroatoms. The van der Waals surface area contributed by atoms with Crippen molar-refractivity contribution >= 4 is 0 Å². The fourth-order valence-electron chi connectivity index (χ4n) is 1.02. The van der Waals surface area contributed by atoms with Gasteiger partial charge in [-0.1, -0.05) is 0 Å². The molecule has 0 aromatic carbocycles. The summed E-state index contributed by atoms with van der Waals surface area (Å²) in [7, 11) is 0. The predicted octanol–water partition coefficient (Wildman–Crippen LogP) is 1.48. The lowest BCUT2D eigenvalue weighted by Crippen LogP contribution is -2.15. The van der Waals surface area contributed by atoms with Gasteiger partial charge >= 0.3 is 6.18 Å². The van der Waals surface area contributed by atoms with Gasteiger partial charge in [0.2, 0.25) is 0 Å². The third kappa shape index (κ3) is 1.80. The van der Waals surface area contributed by atoms with Crippen molar-refractivity contribution in [2.24, 2.45) is 0 Å². The van der Waals surface area contributed by atoms with Crippen LogP contribution in [-0.4, -0.2) is 19.7 Å². The lowest BCUT2D eigenvalue weighted by molar-refractivity contribution is -0.143. The second-order valence-corrected chi connectivity index (χ2v) is 2.60. The van der Waals surface area contributed by atoms with Gasteiger partial charge in [-0.25, -0.2) is 9.97 Å². The topological polar surface area (TPSA) is 43.6 Å². The van der Waals surface area contributed by atoms with E-state index in [1.54, 1.807) is 0 Å². The second-order valence-electron chi connectivity index (χ2n) is 2.60. The van der Waals surface area contributed by atoms with Crippen molar-refractivity contribution in [2.45, 2.75) is 6.18 Å². The zero-order chi connectivity index (χ0) is 10.9. The van der Waals surface area contributed by atoms with E-state index in [9.17, 15) is 13.2 Å². The van der Waals surface area contributed by atoms with Crippen molar-refractivity contribution in [3.05, 3.63) is 36.4 Å². The van der Waals surface area contributed by atoms with E-state index < -0.39 is 11.9 Å². The summed E-state index contributed by atoms with van der Waals surface area (Å²) in [6.07, 6.45) is -0.913. The fraction of sp³-hybridized carbons (Fsp3) is 0.125. The highest BCUT2D eigenvalue weighted by atomic mass is 19.4. The normalized spacial score (nSPS) is 11.7. The molecule has 2 rings (SSSR count). The summed E-state index contributed by atoms with van der Waals surface area (Å²) >= 11 is 0. The maximum absolute atomic E-state index is 12.4. The maximum Gasteiger partial charge on any atom is 0.434 e. The standard InChI is InChI=1S/C8H4F3N4/c9-8(10,11)6-2-5-14-15(6)7-12-3-1-4-13-7/h1,3-5H. The summed E-state index contributed by atoms with van der Waals surface area (Å²) in [4.78, 5) is 7.33. The summed E-state index contributed by atoms with van der Waals surface area (Å²) in [6.45, 7) is 0. The fourth-order valence-corrected chi connectivity index (χ4v) is 1.02. The molecule has 0 aliphatic rings. The average molecular weight is 213 g/mol. The SMILES string of the molecule is FC(F)(F)c1[c]cnn1-c1ncccn1. The zero-order valence-corrected chi connectivity index (χ0v) is 7.23. The van der Waals surface area contributed by atoms with E-state index >= 15 is 0 Å². The van der Waals surface area contributed by atoms with Gasteiger partial charge in [0, 0.05) is 18.5 Å². The van der Waals surface area contributed by atoms with E-state index in [4.69, 9.17) is 0 Å². The van der Waals surface area contributed by atoms with Crippen molar-refractivity contribution in [1.29, 1.82) is 0 Å². The van der Waals surface area contributed by atoms with Crippen LogP contribution in [0.2, 0.25) is 0 Å². The van der Waals surface area contributed by atoms with Crippen LogP contribution in [0.4, 0.5) is 13.2 Å². The molecule has 0 aliphatic heterocycles. The Bertz CT molecular complexity index is 448. The molecule has 1 radical (unpaired) electrons. The molecule has 0 saturated heterocycles. The van der Waals surface area contributed by atoms with Crippen LogP contribution >= 0.6 is 0 Å². The molecule has 0 aliphatic carbocycles. The number of halogens is 3. The molecule has 0 amide bonds.